The van der Waals surface area contributed by atoms with Gasteiger partial charge < -0.3 is 20.7 Å². The van der Waals surface area contributed by atoms with Crippen molar-refractivity contribution in [3.05, 3.63) is 65.2 Å². The number of hydrogen-bond donors (Lipinski definition) is 3. The first-order valence-electron chi connectivity index (χ1n) is 8.81. The van der Waals surface area contributed by atoms with Crippen LogP contribution in [0.3, 0.4) is 0 Å². The summed E-state index contributed by atoms with van der Waals surface area (Å²) in [5.74, 6) is 0.540. The molecule has 2 aromatic rings. The Morgan fingerprint density at radius 3 is 2.64 bits per heavy atom. The quantitative estimate of drug-likeness (QED) is 0.478. The van der Waals surface area contributed by atoms with E-state index in [1.54, 1.807) is 38.4 Å². The van der Waals surface area contributed by atoms with Gasteiger partial charge in [-0.2, -0.15) is 8.78 Å². The van der Waals surface area contributed by atoms with Crippen LogP contribution < -0.4 is 20.7 Å². The summed E-state index contributed by atoms with van der Waals surface area (Å²) in [4.78, 5) is 15.8. The van der Waals surface area contributed by atoms with Crippen LogP contribution in [-0.4, -0.2) is 39.1 Å². The van der Waals surface area contributed by atoms with Crippen molar-refractivity contribution in [2.45, 2.75) is 19.6 Å². The lowest BCUT2D eigenvalue weighted by atomic mass is 10.1. The highest BCUT2D eigenvalue weighted by Crippen LogP contribution is 2.19. The number of nitrogens with zero attached hydrogens (tertiary/aromatic N) is 1. The Balaban J connectivity index is 1.87. The molecule has 0 aliphatic rings. The number of halogens is 2. The maximum absolute atomic E-state index is 12.5. The zero-order chi connectivity index (χ0) is 20.4. The Bertz CT molecular complexity index is 812. The summed E-state index contributed by atoms with van der Waals surface area (Å²) in [6, 6.07) is 14.0. The molecule has 0 fully saturated rings. The summed E-state index contributed by atoms with van der Waals surface area (Å²) in [6.45, 7) is -2.00. The van der Waals surface area contributed by atoms with Crippen LogP contribution in [0.5, 0.6) is 5.75 Å². The van der Waals surface area contributed by atoms with Crippen molar-refractivity contribution in [1.29, 1.82) is 0 Å². The second-order valence-corrected chi connectivity index (χ2v) is 5.87. The molecule has 1 amide bonds. The number of rotatable bonds is 8. The molecule has 0 aliphatic carbocycles. The molecule has 3 N–H and O–H groups in total. The maximum atomic E-state index is 12.5. The van der Waals surface area contributed by atoms with Crippen molar-refractivity contribution in [3.63, 3.8) is 0 Å². The number of guanidine groups is 1. The molecule has 0 bridgehead atoms. The van der Waals surface area contributed by atoms with Crippen LogP contribution in [0.15, 0.2) is 53.5 Å². The molecule has 0 unspecified atom stereocenters. The topological polar surface area (TPSA) is 74.8 Å². The standard InChI is InChI=1S/C20H24F2N4O2/c1-23-18(27)15-8-5-6-14(12-15)10-11-25-20(24-2)26-13-16-7-3-4-9-17(16)28-19(21)22/h3-9,12,19H,10-11,13H2,1-2H3,(H,23,27)(H2,24,25,26). The number of aliphatic imine (C=N–C) groups is 1. The van der Waals surface area contributed by atoms with Crippen molar-refractivity contribution >= 4 is 11.9 Å². The lowest BCUT2D eigenvalue weighted by Gasteiger charge is -2.14. The summed E-state index contributed by atoms with van der Waals surface area (Å²) in [5, 5.41) is 8.83. The highest BCUT2D eigenvalue weighted by molar-refractivity contribution is 5.94. The average molecular weight is 390 g/mol. The van der Waals surface area contributed by atoms with E-state index in [2.05, 4.69) is 25.7 Å². The van der Waals surface area contributed by atoms with Gasteiger partial charge in [0, 0.05) is 38.3 Å². The Morgan fingerprint density at radius 1 is 1.14 bits per heavy atom. The van der Waals surface area contributed by atoms with Gasteiger partial charge in [0.15, 0.2) is 5.96 Å². The molecule has 8 heteroatoms. The molecule has 150 valence electrons. The SMILES string of the molecule is CN=C(NCCc1cccc(C(=O)NC)c1)NCc1ccccc1OC(F)F. The molecule has 0 saturated heterocycles. The second kappa shape index (κ2) is 10.9. The van der Waals surface area contributed by atoms with Crippen molar-refractivity contribution < 1.29 is 18.3 Å². The third-order valence-corrected chi connectivity index (χ3v) is 3.98. The van der Waals surface area contributed by atoms with Gasteiger partial charge in [0.25, 0.3) is 5.91 Å². The molecule has 0 radical (unpaired) electrons. The van der Waals surface area contributed by atoms with Gasteiger partial charge in [0.05, 0.1) is 0 Å². The van der Waals surface area contributed by atoms with Crippen LogP contribution in [0.1, 0.15) is 21.5 Å². The van der Waals surface area contributed by atoms with E-state index >= 15 is 0 Å². The lowest BCUT2D eigenvalue weighted by molar-refractivity contribution is -0.0504. The number of carbonyl (C=O) groups is 1. The zero-order valence-electron chi connectivity index (χ0n) is 15.8. The van der Waals surface area contributed by atoms with Gasteiger partial charge in [-0.1, -0.05) is 30.3 Å². The van der Waals surface area contributed by atoms with Crippen LogP contribution >= 0.6 is 0 Å². The number of amides is 1. The van der Waals surface area contributed by atoms with Gasteiger partial charge >= 0.3 is 6.61 Å². The number of carbonyl (C=O) groups excluding carboxylic acids is 1. The van der Waals surface area contributed by atoms with Crippen LogP contribution in [0.25, 0.3) is 0 Å². The number of para-hydroxylation sites is 1. The molecule has 0 heterocycles. The first-order valence-corrected chi connectivity index (χ1v) is 8.81. The molecule has 2 aromatic carbocycles. The number of nitrogens with one attached hydrogen (secondary N) is 3. The van der Waals surface area contributed by atoms with Gasteiger partial charge in [-0.05, 0) is 30.2 Å². The first-order chi connectivity index (χ1) is 13.5. The highest BCUT2D eigenvalue weighted by Gasteiger charge is 2.09. The Morgan fingerprint density at radius 2 is 1.93 bits per heavy atom. The minimum atomic E-state index is -2.87. The summed E-state index contributed by atoms with van der Waals surface area (Å²) < 4.78 is 29.5. The summed E-state index contributed by atoms with van der Waals surface area (Å²) >= 11 is 0. The van der Waals surface area contributed by atoms with Crippen molar-refractivity contribution in [1.82, 2.24) is 16.0 Å². The molecule has 0 aliphatic heterocycles. The van der Waals surface area contributed by atoms with Gasteiger partial charge in [-0.15, -0.1) is 0 Å². The van der Waals surface area contributed by atoms with Crippen molar-refractivity contribution in [3.8, 4) is 5.75 Å². The predicted octanol–water partition coefficient (Wildman–Crippen LogP) is 2.56. The molecular formula is C20H24F2N4O2. The van der Waals surface area contributed by atoms with Gasteiger partial charge in [-0.25, -0.2) is 0 Å². The number of alkyl halides is 2. The van der Waals surface area contributed by atoms with Gasteiger partial charge in [0.1, 0.15) is 5.75 Å². The van der Waals surface area contributed by atoms with E-state index in [1.807, 2.05) is 18.2 Å². The van der Waals surface area contributed by atoms with E-state index in [-0.39, 0.29) is 18.2 Å². The summed E-state index contributed by atoms with van der Waals surface area (Å²) in [5.41, 5.74) is 2.22. The third-order valence-electron chi connectivity index (χ3n) is 3.98. The number of benzene rings is 2. The van der Waals surface area contributed by atoms with Gasteiger partial charge in [-0.3, -0.25) is 9.79 Å². The van der Waals surface area contributed by atoms with Crippen LogP contribution in [0, 0.1) is 0 Å². The van der Waals surface area contributed by atoms with E-state index in [4.69, 9.17) is 0 Å². The van der Waals surface area contributed by atoms with Crippen molar-refractivity contribution in [2.75, 3.05) is 20.6 Å². The first kappa shape index (κ1) is 21.1. The van der Waals surface area contributed by atoms with Gasteiger partial charge in [0.2, 0.25) is 0 Å². The molecule has 28 heavy (non-hydrogen) atoms. The largest absolute Gasteiger partial charge is 0.434 e. The van der Waals surface area contributed by atoms with E-state index in [0.29, 0.717) is 30.1 Å². The van der Waals surface area contributed by atoms with Crippen LogP contribution in [0.2, 0.25) is 0 Å². The molecule has 0 atom stereocenters. The zero-order valence-corrected chi connectivity index (χ0v) is 15.8. The smallest absolute Gasteiger partial charge is 0.387 e. The normalized spacial score (nSPS) is 11.2. The predicted molar refractivity (Wildman–Crippen MR) is 105 cm³/mol. The fraction of sp³-hybridized carbons (Fsp3) is 0.300. The van der Waals surface area contributed by atoms with E-state index in [0.717, 1.165) is 5.56 Å². The Kier molecular flexibility index (Phi) is 8.20. The van der Waals surface area contributed by atoms with Crippen LogP contribution in [-0.2, 0) is 13.0 Å². The average Bonchev–Trinajstić information content (AvgIpc) is 2.70. The summed E-state index contributed by atoms with van der Waals surface area (Å²) in [7, 11) is 3.22. The molecule has 6 nitrogen and oxygen atoms in total. The molecule has 0 aromatic heterocycles. The molecule has 2 rings (SSSR count). The second-order valence-electron chi connectivity index (χ2n) is 5.87. The third kappa shape index (κ3) is 6.53. The lowest BCUT2D eigenvalue weighted by Crippen LogP contribution is -2.38. The number of ether oxygens (including phenoxy) is 1. The fourth-order valence-corrected chi connectivity index (χ4v) is 2.60. The fourth-order valence-electron chi connectivity index (χ4n) is 2.60. The van der Waals surface area contributed by atoms with Crippen molar-refractivity contribution in [2.24, 2.45) is 4.99 Å². The Labute approximate surface area is 163 Å². The van der Waals surface area contributed by atoms with E-state index in [1.165, 1.54) is 6.07 Å². The number of hydrogen-bond acceptors (Lipinski definition) is 3. The maximum Gasteiger partial charge on any atom is 0.387 e. The highest BCUT2D eigenvalue weighted by atomic mass is 19.3. The van der Waals surface area contributed by atoms with E-state index in [9.17, 15) is 13.6 Å². The minimum Gasteiger partial charge on any atom is -0.434 e. The minimum absolute atomic E-state index is 0.128. The summed E-state index contributed by atoms with van der Waals surface area (Å²) in [6.07, 6.45) is 0.691. The van der Waals surface area contributed by atoms with E-state index < -0.39 is 6.61 Å². The molecule has 0 spiro atoms. The molecule has 0 saturated carbocycles. The van der Waals surface area contributed by atoms with Crippen LogP contribution in [0.4, 0.5) is 8.78 Å². The molecular weight excluding hydrogens is 366 g/mol. The Hall–Kier alpha value is -3.16. The monoisotopic (exact) mass is 390 g/mol.